The smallest absolute Gasteiger partial charge is 0.313 e. The molecule has 1 heterocycles. The minimum absolute atomic E-state index is 0.266. The van der Waals surface area contributed by atoms with E-state index in [0.717, 1.165) is 40.1 Å². The summed E-state index contributed by atoms with van der Waals surface area (Å²) < 4.78 is 5.10. The van der Waals surface area contributed by atoms with Crippen molar-refractivity contribution in [2.24, 2.45) is 0 Å². The molecule has 150 valence electrons. The van der Waals surface area contributed by atoms with Gasteiger partial charge in [0.2, 0.25) is 0 Å². The van der Waals surface area contributed by atoms with E-state index < -0.39 is 5.92 Å². The van der Waals surface area contributed by atoms with Crippen molar-refractivity contribution in [3.05, 3.63) is 70.4 Å². The lowest BCUT2D eigenvalue weighted by atomic mass is 9.89. The quantitative estimate of drug-likeness (QED) is 0.460. The van der Waals surface area contributed by atoms with Crippen molar-refractivity contribution in [3.8, 4) is 22.6 Å². The molecule has 0 radical (unpaired) electrons. The average molecular weight is 409 g/mol. The highest BCUT2D eigenvalue weighted by Gasteiger charge is 2.28. The van der Waals surface area contributed by atoms with Crippen molar-refractivity contribution in [1.29, 1.82) is 0 Å². The monoisotopic (exact) mass is 408 g/mol. The normalized spacial score (nSPS) is 11.9. The molecule has 0 saturated carbocycles. The lowest BCUT2D eigenvalue weighted by Crippen LogP contribution is -2.18. The summed E-state index contributed by atoms with van der Waals surface area (Å²) in [6.45, 7) is 6.01. The second-order valence-corrected chi connectivity index (χ2v) is 7.51. The lowest BCUT2D eigenvalue weighted by Gasteiger charge is -2.21. The molecule has 3 aromatic rings. The van der Waals surface area contributed by atoms with Crippen molar-refractivity contribution < 1.29 is 9.53 Å². The molecule has 2 aromatic carbocycles. The Labute approximate surface area is 176 Å². The molecule has 3 rings (SSSR count). The molecular formula is C24H25ClN2O2. The molecule has 1 atom stereocenters. The van der Waals surface area contributed by atoms with Gasteiger partial charge in [-0.2, -0.15) is 0 Å². The van der Waals surface area contributed by atoms with Crippen molar-refractivity contribution >= 4 is 17.6 Å². The predicted octanol–water partition coefficient (Wildman–Crippen LogP) is 6.14. The van der Waals surface area contributed by atoms with Gasteiger partial charge in [-0.3, -0.25) is 4.79 Å². The number of esters is 1. The van der Waals surface area contributed by atoms with E-state index in [1.165, 1.54) is 7.11 Å². The molecule has 0 fully saturated rings. The Balaban J connectivity index is 2.28. The van der Waals surface area contributed by atoms with Gasteiger partial charge in [-0.15, -0.1) is 0 Å². The molecule has 0 N–H and O–H groups in total. The van der Waals surface area contributed by atoms with E-state index in [9.17, 15) is 4.79 Å². The first-order valence-electron chi connectivity index (χ1n) is 9.74. The standard InChI is InChI=1S/C24H25ClN2O2/c1-5-8-19(24(28)29-4)21-16(3)26-23(18-9-6-7-10-20(18)25)27-22(21)17-13-11-15(2)12-14-17/h6-7,9-14,19H,5,8H2,1-4H3. The van der Waals surface area contributed by atoms with Gasteiger partial charge in [-0.1, -0.05) is 66.9 Å². The fraction of sp³-hybridized carbons (Fsp3) is 0.292. The van der Waals surface area contributed by atoms with Crippen LogP contribution in [0.25, 0.3) is 22.6 Å². The third-order valence-electron chi connectivity index (χ3n) is 4.99. The van der Waals surface area contributed by atoms with Crippen LogP contribution in [0.5, 0.6) is 0 Å². The van der Waals surface area contributed by atoms with Crippen LogP contribution in [-0.4, -0.2) is 23.0 Å². The Morgan fingerprint density at radius 1 is 1.07 bits per heavy atom. The second kappa shape index (κ2) is 9.19. The van der Waals surface area contributed by atoms with Gasteiger partial charge in [0.25, 0.3) is 0 Å². The largest absolute Gasteiger partial charge is 0.469 e. The summed E-state index contributed by atoms with van der Waals surface area (Å²) in [5.41, 5.74) is 5.19. The number of benzene rings is 2. The molecule has 0 saturated heterocycles. The van der Waals surface area contributed by atoms with Crippen LogP contribution in [0.4, 0.5) is 0 Å². The summed E-state index contributed by atoms with van der Waals surface area (Å²) in [5.74, 6) is -0.133. The topological polar surface area (TPSA) is 52.1 Å². The van der Waals surface area contributed by atoms with Crippen LogP contribution >= 0.6 is 11.6 Å². The number of hydrogen-bond acceptors (Lipinski definition) is 4. The maximum absolute atomic E-state index is 12.6. The number of carbonyl (C=O) groups is 1. The van der Waals surface area contributed by atoms with Crippen molar-refractivity contribution in [2.75, 3.05) is 7.11 Å². The SMILES string of the molecule is CCCC(C(=O)OC)c1c(C)nc(-c2ccccc2Cl)nc1-c1ccc(C)cc1. The van der Waals surface area contributed by atoms with Crippen molar-refractivity contribution in [1.82, 2.24) is 9.97 Å². The molecule has 0 aliphatic rings. The van der Waals surface area contributed by atoms with E-state index in [1.807, 2.05) is 62.4 Å². The summed E-state index contributed by atoms with van der Waals surface area (Å²) in [6.07, 6.45) is 1.51. The van der Waals surface area contributed by atoms with Crippen LogP contribution in [-0.2, 0) is 9.53 Å². The predicted molar refractivity (Wildman–Crippen MR) is 117 cm³/mol. The van der Waals surface area contributed by atoms with Crippen LogP contribution < -0.4 is 0 Å². The van der Waals surface area contributed by atoms with Crippen molar-refractivity contribution in [3.63, 3.8) is 0 Å². The molecule has 1 unspecified atom stereocenters. The summed E-state index contributed by atoms with van der Waals surface area (Å²) in [5, 5.41) is 0.590. The van der Waals surface area contributed by atoms with E-state index in [-0.39, 0.29) is 5.97 Å². The molecule has 0 bridgehead atoms. The highest BCUT2D eigenvalue weighted by Crippen LogP contribution is 2.36. The van der Waals surface area contributed by atoms with E-state index in [2.05, 4.69) is 6.92 Å². The van der Waals surface area contributed by atoms with Gasteiger partial charge < -0.3 is 4.74 Å². The molecule has 29 heavy (non-hydrogen) atoms. The van der Waals surface area contributed by atoms with E-state index in [1.54, 1.807) is 0 Å². The van der Waals surface area contributed by atoms with Gasteiger partial charge in [-0.05, 0) is 32.4 Å². The fourth-order valence-electron chi connectivity index (χ4n) is 3.50. The van der Waals surface area contributed by atoms with E-state index >= 15 is 0 Å². The Morgan fingerprint density at radius 2 is 1.76 bits per heavy atom. The molecule has 5 heteroatoms. The molecule has 0 spiro atoms. The van der Waals surface area contributed by atoms with Gasteiger partial charge >= 0.3 is 5.97 Å². The number of carbonyl (C=O) groups excluding carboxylic acids is 1. The summed E-state index contributed by atoms with van der Waals surface area (Å²) in [4.78, 5) is 22.2. The van der Waals surface area contributed by atoms with Crippen molar-refractivity contribution in [2.45, 2.75) is 39.5 Å². The summed E-state index contributed by atoms with van der Waals surface area (Å²) in [6, 6.07) is 15.6. The van der Waals surface area contributed by atoms with Gasteiger partial charge in [0.05, 0.1) is 23.7 Å². The number of aromatic nitrogens is 2. The van der Waals surface area contributed by atoms with Crippen LogP contribution in [0, 0.1) is 13.8 Å². The number of nitrogens with zero attached hydrogens (tertiary/aromatic N) is 2. The average Bonchev–Trinajstić information content (AvgIpc) is 2.72. The van der Waals surface area contributed by atoms with E-state index in [4.69, 9.17) is 26.3 Å². The first-order chi connectivity index (χ1) is 14.0. The highest BCUT2D eigenvalue weighted by atomic mass is 35.5. The number of methoxy groups -OCH3 is 1. The van der Waals surface area contributed by atoms with Crippen LogP contribution in [0.15, 0.2) is 48.5 Å². The van der Waals surface area contributed by atoms with Gasteiger partial charge in [-0.25, -0.2) is 9.97 Å². The first-order valence-corrected chi connectivity index (χ1v) is 10.1. The number of aryl methyl sites for hydroxylation is 2. The minimum atomic E-state index is -0.415. The van der Waals surface area contributed by atoms with E-state index in [0.29, 0.717) is 17.3 Å². The number of rotatable bonds is 6. The maximum atomic E-state index is 12.6. The lowest BCUT2D eigenvalue weighted by molar-refractivity contribution is -0.142. The van der Waals surface area contributed by atoms with Crippen LogP contribution in [0.3, 0.4) is 0 Å². The van der Waals surface area contributed by atoms with Gasteiger partial charge in [0.1, 0.15) is 0 Å². The van der Waals surface area contributed by atoms with Gasteiger partial charge in [0.15, 0.2) is 5.82 Å². The Bertz CT molecular complexity index is 1020. The molecular weight excluding hydrogens is 384 g/mol. The maximum Gasteiger partial charge on any atom is 0.313 e. The zero-order chi connectivity index (χ0) is 21.0. The van der Waals surface area contributed by atoms with Crippen LogP contribution in [0.1, 0.15) is 42.5 Å². The fourth-order valence-corrected chi connectivity index (χ4v) is 3.72. The zero-order valence-corrected chi connectivity index (χ0v) is 18.0. The number of hydrogen-bond donors (Lipinski definition) is 0. The van der Waals surface area contributed by atoms with Gasteiger partial charge in [0, 0.05) is 22.4 Å². The first kappa shape index (κ1) is 21.0. The summed E-state index contributed by atoms with van der Waals surface area (Å²) >= 11 is 6.40. The third-order valence-corrected chi connectivity index (χ3v) is 5.32. The Morgan fingerprint density at radius 3 is 2.38 bits per heavy atom. The zero-order valence-electron chi connectivity index (χ0n) is 17.2. The Hall–Kier alpha value is -2.72. The third kappa shape index (κ3) is 4.48. The molecule has 0 aliphatic carbocycles. The molecule has 4 nitrogen and oxygen atoms in total. The highest BCUT2D eigenvalue weighted by molar-refractivity contribution is 6.33. The molecule has 1 aromatic heterocycles. The second-order valence-electron chi connectivity index (χ2n) is 7.11. The molecule has 0 aliphatic heterocycles. The van der Waals surface area contributed by atoms with Crippen LogP contribution in [0.2, 0.25) is 5.02 Å². The minimum Gasteiger partial charge on any atom is -0.469 e. The molecule has 0 amide bonds. The Kier molecular flexibility index (Phi) is 6.65. The number of ether oxygens (including phenoxy) is 1. The number of halogens is 1. The summed E-state index contributed by atoms with van der Waals surface area (Å²) in [7, 11) is 1.42.